The molecule has 0 spiro atoms. The Balaban J connectivity index is 1.45. The maximum Gasteiger partial charge on any atom is 0.248 e. The van der Waals surface area contributed by atoms with Crippen molar-refractivity contribution < 1.29 is 14.3 Å². The minimum atomic E-state index is -0.319. The Morgan fingerprint density at radius 1 is 0.939 bits per heavy atom. The smallest absolute Gasteiger partial charge is 0.248 e. The number of hydrogen-bond donors (Lipinski definition) is 1. The van der Waals surface area contributed by atoms with Gasteiger partial charge in [0.1, 0.15) is 5.75 Å². The van der Waals surface area contributed by atoms with Crippen molar-refractivity contribution in [3.63, 3.8) is 0 Å². The van der Waals surface area contributed by atoms with Crippen molar-refractivity contribution in [2.24, 2.45) is 0 Å². The first-order chi connectivity index (χ1) is 16.1. The number of ether oxygens (including phenoxy) is 1. The number of rotatable bonds is 7. The third kappa shape index (κ3) is 5.72. The number of aromatic nitrogens is 1. The summed E-state index contributed by atoms with van der Waals surface area (Å²) in [5.41, 5.74) is 1.88. The lowest BCUT2D eigenvalue weighted by Crippen LogP contribution is -2.22. The lowest BCUT2D eigenvalue weighted by molar-refractivity contribution is -0.116. The molecule has 0 radical (unpaired) electrons. The number of hydrogen-bond acceptors (Lipinski definition) is 5. The molecule has 0 bridgehead atoms. The SMILES string of the molecule is CC(=O)N(c1ccccc1)c1nc(/C=C/C(=O)Nc2ccccc2Oc2ccccc2)cs1. The predicted octanol–water partition coefficient (Wildman–Crippen LogP) is 6.27. The van der Waals surface area contributed by atoms with Crippen LogP contribution in [-0.2, 0) is 9.59 Å². The van der Waals surface area contributed by atoms with Crippen LogP contribution < -0.4 is 15.0 Å². The zero-order chi connectivity index (χ0) is 23.0. The standard InChI is InChI=1S/C26H21N3O3S/c1-19(30)29(21-10-4-2-5-11-21)26-27-20(18-33-26)16-17-25(31)28-23-14-8-9-15-24(23)32-22-12-6-3-7-13-22/h2-18H,1H3,(H,28,31)/b17-16+. The molecule has 33 heavy (non-hydrogen) atoms. The minimum absolute atomic E-state index is 0.140. The van der Waals surface area contributed by atoms with Gasteiger partial charge in [0.05, 0.1) is 17.1 Å². The van der Waals surface area contributed by atoms with E-state index in [2.05, 4.69) is 10.3 Å². The fourth-order valence-corrected chi connectivity index (χ4v) is 3.92. The lowest BCUT2D eigenvalue weighted by atomic mass is 10.2. The zero-order valence-corrected chi connectivity index (χ0v) is 18.7. The van der Waals surface area contributed by atoms with E-state index < -0.39 is 0 Å². The molecule has 4 rings (SSSR count). The molecule has 2 amide bonds. The molecule has 1 N–H and O–H groups in total. The van der Waals surface area contributed by atoms with Crippen LogP contribution in [0.3, 0.4) is 0 Å². The Labute approximate surface area is 195 Å². The number of carbonyl (C=O) groups is 2. The van der Waals surface area contributed by atoms with Gasteiger partial charge in [-0.25, -0.2) is 4.98 Å². The second-order valence-corrected chi connectivity index (χ2v) is 7.82. The molecule has 0 saturated heterocycles. The first-order valence-electron chi connectivity index (χ1n) is 10.2. The Morgan fingerprint density at radius 2 is 1.61 bits per heavy atom. The van der Waals surface area contributed by atoms with E-state index >= 15 is 0 Å². The molecular weight excluding hydrogens is 434 g/mol. The second-order valence-electron chi connectivity index (χ2n) is 6.98. The summed E-state index contributed by atoms with van der Waals surface area (Å²) in [5.74, 6) is 0.763. The van der Waals surface area contributed by atoms with Crippen molar-refractivity contribution in [3.8, 4) is 11.5 Å². The normalized spacial score (nSPS) is 10.7. The van der Waals surface area contributed by atoms with Gasteiger partial charge in [-0.15, -0.1) is 11.3 Å². The van der Waals surface area contributed by atoms with Gasteiger partial charge < -0.3 is 10.1 Å². The van der Waals surface area contributed by atoms with E-state index in [-0.39, 0.29) is 11.8 Å². The largest absolute Gasteiger partial charge is 0.455 e. The van der Waals surface area contributed by atoms with E-state index in [0.29, 0.717) is 28.0 Å². The molecule has 164 valence electrons. The van der Waals surface area contributed by atoms with E-state index in [9.17, 15) is 9.59 Å². The first kappa shape index (κ1) is 22.0. The van der Waals surface area contributed by atoms with E-state index in [4.69, 9.17) is 4.74 Å². The molecule has 7 heteroatoms. The average Bonchev–Trinajstić information content (AvgIpc) is 3.29. The Kier molecular flexibility index (Phi) is 6.92. The van der Waals surface area contributed by atoms with Crippen LogP contribution in [-0.4, -0.2) is 16.8 Å². The maximum atomic E-state index is 12.5. The van der Waals surface area contributed by atoms with Crippen LogP contribution in [0.15, 0.2) is 96.4 Å². The summed E-state index contributed by atoms with van der Waals surface area (Å²) in [7, 11) is 0. The van der Waals surface area contributed by atoms with Crippen LogP contribution in [0.2, 0.25) is 0 Å². The maximum absolute atomic E-state index is 12.5. The highest BCUT2D eigenvalue weighted by atomic mass is 32.1. The minimum Gasteiger partial charge on any atom is -0.455 e. The second kappa shape index (κ2) is 10.4. The quantitative estimate of drug-likeness (QED) is 0.333. The fraction of sp³-hybridized carbons (Fsp3) is 0.0385. The zero-order valence-electron chi connectivity index (χ0n) is 17.8. The summed E-state index contributed by atoms with van der Waals surface area (Å²) in [6.07, 6.45) is 3.01. The van der Waals surface area contributed by atoms with Gasteiger partial charge in [-0.1, -0.05) is 48.5 Å². The molecule has 0 unspecified atom stereocenters. The topological polar surface area (TPSA) is 71.5 Å². The third-order valence-corrected chi connectivity index (χ3v) is 5.40. The molecule has 0 atom stereocenters. The molecule has 4 aromatic rings. The summed E-state index contributed by atoms with van der Waals surface area (Å²) in [6, 6.07) is 25.9. The van der Waals surface area contributed by atoms with Crippen LogP contribution in [0, 0.1) is 0 Å². The van der Waals surface area contributed by atoms with Gasteiger partial charge in [0, 0.05) is 18.4 Å². The Hall–Kier alpha value is -4.23. The van der Waals surface area contributed by atoms with Gasteiger partial charge in [0.25, 0.3) is 0 Å². The molecule has 3 aromatic carbocycles. The molecule has 0 aliphatic carbocycles. The highest BCUT2D eigenvalue weighted by Gasteiger charge is 2.17. The van der Waals surface area contributed by atoms with E-state index in [1.54, 1.807) is 28.5 Å². The van der Waals surface area contributed by atoms with Crippen LogP contribution in [0.5, 0.6) is 11.5 Å². The van der Waals surface area contributed by atoms with E-state index in [1.165, 1.54) is 24.3 Å². The number of nitrogens with zero attached hydrogens (tertiary/aromatic N) is 2. The molecule has 0 aliphatic rings. The summed E-state index contributed by atoms with van der Waals surface area (Å²) in [4.78, 5) is 30.7. The highest BCUT2D eigenvalue weighted by molar-refractivity contribution is 7.14. The van der Waals surface area contributed by atoms with Gasteiger partial charge in [0.2, 0.25) is 11.8 Å². The summed E-state index contributed by atoms with van der Waals surface area (Å²) in [5, 5.41) is 5.17. The molecular formula is C26H21N3O3S. The fourth-order valence-electron chi connectivity index (χ4n) is 3.07. The highest BCUT2D eigenvalue weighted by Crippen LogP contribution is 2.30. The van der Waals surface area contributed by atoms with Crippen LogP contribution >= 0.6 is 11.3 Å². The van der Waals surface area contributed by atoms with Gasteiger partial charge in [-0.2, -0.15) is 0 Å². The van der Waals surface area contributed by atoms with Crippen molar-refractivity contribution >= 4 is 45.7 Å². The molecule has 0 saturated carbocycles. The van der Waals surface area contributed by atoms with E-state index in [0.717, 1.165) is 5.69 Å². The number of amides is 2. The van der Waals surface area contributed by atoms with Crippen LogP contribution in [0.25, 0.3) is 6.08 Å². The van der Waals surface area contributed by atoms with E-state index in [1.807, 2.05) is 72.8 Å². The van der Waals surface area contributed by atoms with Gasteiger partial charge in [0.15, 0.2) is 10.9 Å². The van der Waals surface area contributed by atoms with Gasteiger partial charge >= 0.3 is 0 Å². The lowest BCUT2D eigenvalue weighted by Gasteiger charge is -2.17. The third-order valence-electron chi connectivity index (χ3n) is 4.55. The van der Waals surface area contributed by atoms with Crippen molar-refractivity contribution in [2.75, 3.05) is 10.2 Å². The summed E-state index contributed by atoms with van der Waals surface area (Å²) < 4.78 is 5.88. The predicted molar refractivity (Wildman–Crippen MR) is 132 cm³/mol. The molecule has 6 nitrogen and oxygen atoms in total. The number of para-hydroxylation sites is 4. The van der Waals surface area contributed by atoms with Crippen LogP contribution in [0.1, 0.15) is 12.6 Å². The number of carbonyl (C=O) groups excluding carboxylic acids is 2. The molecule has 1 heterocycles. The number of thiazole rings is 1. The van der Waals surface area contributed by atoms with Gasteiger partial charge in [-0.05, 0) is 42.5 Å². The Bertz CT molecular complexity index is 1270. The number of nitrogens with one attached hydrogen (secondary N) is 1. The van der Waals surface area contributed by atoms with Crippen molar-refractivity contribution in [1.82, 2.24) is 4.98 Å². The van der Waals surface area contributed by atoms with Crippen LogP contribution in [0.4, 0.5) is 16.5 Å². The summed E-state index contributed by atoms with van der Waals surface area (Å²) in [6.45, 7) is 1.49. The summed E-state index contributed by atoms with van der Waals surface area (Å²) >= 11 is 1.33. The first-order valence-corrected chi connectivity index (χ1v) is 11.1. The van der Waals surface area contributed by atoms with Crippen molar-refractivity contribution in [2.45, 2.75) is 6.92 Å². The number of anilines is 3. The number of benzene rings is 3. The molecule has 0 fully saturated rings. The van der Waals surface area contributed by atoms with Gasteiger partial charge in [-0.3, -0.25) is 14.5 Å². The molecule has 1 aromatic heterocycles. The van der Waals surface area contributed by atoms with Crippen molar-refractivity contribution in [1.29, 1.82) is 0 Å². The average molecular weight is 456 g/mol. The van der Waals surface area contributed by atoms with Crippen molar-refractivity contribution in [3.05, 3.63) is 102 Å². The molecule has 0 aliphatic heterocycles. The Morgan fingerprint density at radius 3 is 2.33 bits per heavy atom. The monoisotopic (exact) mass is 455 g/mol.